The zero-order valence-corrected chi connectivity index (χ0v) is 11.4. The van der Waals surface area contributed by atoms with E-state index in [9.17, 15) is 8.42 Å². The number of sulfone groups is 1. The van der Waals surface area contributed by atoms with E-state index in [0.717, 1.165) is 12.8 Å². The minimum atomic E-state index is -3.37. The Morgan fingerprint density at radius 1 is 1.29 bits per heavy atom. The first-order valence-corrected chi connectivity index (χ1v) is 7.74. The maximum Gasteiger partial charge on any atom is 0.179 e. The maximum absolute atomic E-state index is 12.1. The molecule has 1 aromatic carbocycles. The molecule has 0 amide bonds. The summed E-state index contributed by atoms with van der Waals surface area (Å²) in [6.45, 7) is 0. The van der Waals surface area contributed by atoms with Gasteiger partial charge < -0.3 is 5.73 Å². The van der Waals surface area contributed by atoms with Crippen LogP contribution in [-0.4, -0.2) is 20.2 Å². The van der Waals surface area contributed by atoms with Gasteiger partial charge in [-0.15, -0.1) is 0 Å². The zero-order chi connectivity index (χ0) is 12.6. The predicted octanol–water partition coefficient (Wildman–Crippen LogP) is 2.50. The van der Waals surface area contributed by atoms with Crippen LogP contribution in [0.3, 0.4) is 0 Å². The molecule has 0 radical (unpaired) electrons. The summed E-state index contributed by atoms with van der Waals surface area (Å²) in [7, 11) is -3.37. The molecule has 2 rings (SSSR count). The van der Waals surface area contributed by atoms with Crippen LogP contribution in [0.2, 0.25) is 10.0 Å². The molecule has 0 aromatic heterocycles. The van der Waals surface area contributed by atoms with Crippen molar-refractivity contribution in [2.24, 2.45) is 11.7 Å². The average molecular weight is 294 g/mol. The SMILES string of the molecule is NC(CS(=O)(=O)c1ccc(Cl)c(Cl)c1)C1CC1. The minimum absolute atomic E-state index is 0.0321. The van der Waals surface area contributed by atoms with Crippen LogP contribution in [0.25, 0.3) is 0 Å². The number of hydrogen-bond donors (Lipinski definition) is 1. The van der Waals surface area contributed by atoms with E-state index in [4.69, 9.17) is 28.9 Å². The van der Waals surface area contributed by atoms with Crippen molar-refractivity contribution < 1.29 is 8.42 Å². The summed E-state index contributed by atoms with van der Waals surface area (Å²) < 4.78 is 24.1. The predicted molar refractivity (Wildman–Crippen MR) is 69.2 cm³/mol. The van der Waals surface area contributed by atoms with E-state index in [0.29, 0.717) is 10.9 Å². The van der Waals surface area contributed by atoms with Crippen molar-refractivity contribution in [1.29, 1.82) is 0 Å². The lowest BCUT2D eigenvalue weighted by Crippen LogP contribution is -2.31. The van der Waals surface area contributed by atoms with Crippen LogP contribution in [0.15, 0.2) is 23.1 Å². The fourth-order valence-corrected chi connectivity index (χ4v) is 3.59. The van der Waals surface area contributed by atoms with Gasteiger partial charge in [0.1, 0.15) is 0 Å². The Balaban J connectivity index is 2.21. The van der Waals surface area contributed by atoms with Crippen LogP contribution < -0.4 is 5.73 Å². The molecule has 1 unspecified atom stereocenters. The lowest BCUT2D eigenvalue weighted by molar-refractivity contribution is 0.574. The quantitative estimate of drug-likeness (QED) is 0.928. The highest BCUT2D eigenvalue weighted by atomic mass is 35.5. The summed E-state index contributed by atoms with van der Waals surface area (Å²) in [5.41, 5.74) is 5.83. The van der Waals surface area contributed by atoms with Gasteiger partial charge >= 0.3 is 0 Å². The largest absolute Gasteiger partial charge is 0.327 e. The lowest BCUT2D eigenvalue weighted by atomic mass is 10.2. The first kappa shape index (κ1) is 13.1. The third-order valence-electron chi connectivity index (χ3n) is 2.89. The Bertz CT molecular complexity index is 526. The van der Waals surface area contributed by atoms with Gasteiger partial charge in [-0.25, -0.2) is 8.42 Å². The molecule has 1 aliphatic rings. The normalized spacial score (nSPS) is 18.1. The van der Waals surface area contributed by atoms with Gasteiger partial charge in [0.05, 0.1) is 20.7 Å². The molecule has 1 aromatic rings. The van der Waals surface area contributed by atoms with Gasteiger partial charge in [-0.1, -0.05) is 23.2 Å². The number of nitrogens with two attached hydrogens (primary N) is 1. The average Bonchev–Trinajstić information content (AvgIpc) is 3.04. The Labute approximate surface area is 111 Å². The van der Waals surface area contributed by atoms with Gasteiger partial charge in [0.25, 0.3) is 0 Å². The van der Waals surface area contributed by atoms with Gasteiger partial charge in [-0.2, -0.15) is 0 Å². The van der Waals surface area contributed by atoms with Crippen molar-refractivity contribution in [2.75, 3.05) is 5.75 Å². The first-order valence-electron chi connectivity index (χ1n) is 5.33. The van der Waals surface area contributed by atoms with E-state index < -0.39 is 9.84 Å². The molecule has 1 atom stereocenters. The van der Waals surface area contributed by atoms with Gasteiger partial charge in [-0.05, 0) is 37.0 Å². The Morgan fingerprint density at radius 3 is 2.47 bits per heavy atom. The second kappa shape index (κ2) is 4.76. The fraction of sp³-hybridized carbons (Fsp3) is 0.455. The Morgan fingerprint density at radius 2 is 1.94 bits per heavy atom. The van der Waals surface area contributed by atoms with Crippen LogP contribution >= 0.6 is 23.2 Å². The molecule has 94 valence electrons. The summed E-state index contributed by atoms with van der Waals surface area (Å²) in [4.78, 5) is 0.183. The zero-order valence-electron chi connectivity index (χ0n) is 9.07. The van der Waals surface area contributed by atoms with Gasteiger partial charge in [0, 0.05) is 6.04 Å². The highest BCUT2D eigenvalue weighted by molar-refractivity contribution is 7.91. The van der Waals surface area contributed by atoms with Crippen LogP contribution in [-0.2, 0) is 9.84 Å². The second-order valence-corrected chi connectivity index (χ2v) is 7.21. The van der Waals surface area contributed by atoms with Crippen molar-refractivity contribution in [3.05, 3.63) is 28.2 Å². The van der Waals surface area contributed by atoms with E-state index in [2.05, 4.69) is 0 Å². The van der Waals surface area contributed by atoms with Crippen molar-refractivity contribution in [3.63, 3.8) is 0 Å². The summed E-state index contributed by atoms with van der Waals surface area (Å²) in [6, 6.07) is 4.04. The summed E-state index contributed by atoms with van der Waals surface area (Å²) in [5, 5.41) is 0.588. The highest BCUT2D eigenvalue weighted by Crippen LogP contribution is 2.33. The van der Waals surface area contributed by atoms with Crippen LogP contribution in [0, 0.1) is 5.92 Å². The molecular weight excluding hydrogens is 281 g/mol. The van der Waals surface area contributed by atoms with E-state index >= 15 is 0 Å². The summed E-state index contributed by atoms with van der Waals surface area (Å²) >= 11 is 11.5. The topological polar surface area (TPSA) is 60.2 Å². The van der Waals surface area contributed by atoms with Gasteiger partial charge in [0.15, 0.2) is 9.84 Å². The fourth-order valence-electron chi connectivity index (χ4n) is 1.68. The second-order valence-electron chi connectivity index (χ2n) is 4.36. The molecule has 2 N–H and O–H groups in total. The standard InChI is InChI=1S/C11H13Cl2NO2S/c12-9-4-3-8(5-10(9)13)17(15,16)6-11(14)7-1-2-7/h3-5,7,11H,1-2,6,14H2. The van der Waals surface area contributed by atoms with Gasteiger partial charge in [-0.3, -0.25) is 0 Å². The molecule has 3 nitrogen and oxygen atoms in total. The van der Waals surface area contributed by atoms with Crippen LogP contribution in [0.5, 0.6) is 0 Å². The third kappa shape index (κ3) is 3.13. The molecule has 0 bridgehead atoms. The van der Waals surface area contributed by atoms with Crippen LogP contribution in [0.1, 0.15) is 12.8 Å². The van der Waals surface area contributed by atoms with Crippen molar-refractivity contribution >= 4 is 33.0 Å². The van der Waals surface area contributed by atoms with Crippen molar-refractivity contribution in [3.8, 4) is 0 Å². The van der Waals surface area contributed by atoms with Crippen molar-refractivity contribution in [2.45, 2.75) is 23.8 Å². The molecular formula is C11H13Cl2NO2S. The van der Waals surface area contributed by atoms with E-state index in [1.165, 1.54) is 18.2 Å². The molecule has 17 heavy (non-hydrogen) atoms. The van der Waals surface area contributed by atoms with E-state index in [-0.39, 0.29) is 21.7 Å². The maximum atomic E-state index is 12.1. The molecule has 6 heteroatoms. The molecule has 1 aliphatic carbocycles. The number of halogens is 2. The summed E-state index contributed by atoms with van der Waals surface area (Å²) in [5.74, 6) is 0.322. The van der Waals surface area contributed by atoms with Gasteiger partial charge in [0.2, 0.25) is 0 Å². The monoisotopic (exact) mass is 293 g/mol. The molecule has 0 saturated heterocycles. The van der Waals surface area contributed by atoms with Crippen LogP contribution in [0.4, 0.5) is 0 Å². The molecule has 1 saturated carbocycles. The van der Waals surface area contributed by atoms with E-state index in [1.807, 2.05) is 0 Å². The molecule has 0 spiro atoms. The lowest BCUT2D eigenvalue weighted by Gasteiger charge is -2.11. The third-order valence-corrected chi connectivity index (χ3v) is 5.42. The number of hydrogen-bond acceptors (Lipinski definition) is 3. The highest BCUT2D eigenvalue weighted by Gasteiger charge is 2.32. The first-order chi connectivity index (χ1) is 7.90. The number of rotatable bonds is 4. The van der Waals surface area contributed by atoms with Crippen molar-refractivity contribution in [1.82, 2.24) is 0 Å². The smallest absolute Gasteiger partial charge is 0.179 e. The number of benzene rings is 1. The summed E-state index contributed by atoms with van der Waals surface area (Å²) in [6.07, 6.45) is 2.05. The molecule has 0 aliphatic heterocycles. The Hall–Kier alpha value is -0.290. The molecule has 1 fully saturated rings. The molecule has 0 heterocycles. The minimum Gasteiger partial charge on any atom is -0.327 e. The van der Waals surface area contributed by atoms with E-state index in [1.54, 1.807) is 0 Å². The Kier molecular flexibility index (Phi) is 3.69.